The fraction of sp³-hybridized carbons (Fsp3) is 0.750. The first-order chi connectivity index (χ1) is 7.49. The van der Waals surface area contributed by atoms with Crippen molar-refractivity contribution in [3.63, 3.8) is 0 Å². The smallest absolute Gasteiger partial charge is 0.0534 e. The minimum atomic E-state index is 0.0475. The van der Waals surface area contributed by atoms with Crippen LogP contribution in [0.25, 0.3) is 0 Å². The van der Waals surface area contributed by atoms with Crippen LogP contribution in [0.3, 0.4) is 0 Å². The zero-order valence-electron chi connectivity index (χ0n) is 10.9. The van der Waals surface area contributed by atoms with Crippen molar-refractivity contribution >= 4 is 0 Å². The second kappa shape index (κ2) is 5.46. The van der Waals surface area contributed by atoms with Crippen molar-refractivity contribution < 1.29 is 0 Å². The zero-order chi connectivity index (χ0) is 12.2. The molecule has 2 N–H and O–H groups in total. The quantitative estimate of drug-likeness (QED) is 0.794. The lowest BCUT2D eigenvalue weighted by Gasteiger charge is -2.37. The Kier molecular flexibility index (Phi) is 4.50. The zero-order valence-corrected chi connectivity index (χ0v) is 10.9. The van der Waals surface area contributed by atoms with Crippen molar-refractivity contribution in [2.75, 3.05) is 13.1 Å². The van der Waals surface area contributed by atoms with E-state index in [1.807, 2.05) is 17.9 Å². The van der Waals surface area contributed by atoms with Crippen LogP contribution in [0.2, 0.25) is 0 Å². The normalized spacial score (nSPS) is 12.4. The molecule has 0 aliphatic rings. The number of hydrogen-bond acceptors (Lipinski definition) is 3. The summed E-state index contributed by atoms with van der Waals surface area (Å²) in [5.74, 6) is 0. The van der Waals surface area contributed by atoms with Crippen LogP contribution in [-0.4, -0.2) is 33.3 Å². The molecule has 4 heteroatoms. The highest BCUT2D eigenvalue weighted by atomic mass is 15.3. The first-order valence-corrected chi connectivity index (χ1v) is 5.92. The number of rotatable bonds is 6. The topological polar surface area (TPSA) is 47.1 Å². The summed E-state index contributed by atoms with van der Waals surface area (Å²) in [6.07, 6.45) is 5.13. The van der Waals surface area contributed by atoms with Gasteiger partial charge in [-0.1, -0.05) is 6.92 Å². The van der Waals surface area contributed by atoms with E-state index in [1.54, 1.807) is 0 Å². The summed E-state index contributed by atoms with van der Waals surface area (Å²) < 4.78 is 1.84. The number of aromatic nitrogens is 2. The van der Waals surface area contributed by atoms with Crippen LogP contribution in [0.5, 0.6) is 0 Å². The average molecular weight is 224 g/mol. The SMILES string of the molecule is CCCN(Cc1cnn(C)c1)C(C)(C)CN. The summed E-state index contributed by atoms with van der Waals surface area (Å²) in [5, 5.41) is 4.20. The molecule has 0 aliphatic carbocycles. The predicted molar refractivity (Wildman–Crippen MR) is 67.0 cm³/mol. The van der Waals surface area contributed by atoms with Gasteiger partial charge in [0, 0.05) is 37.4 Å². The van der Waals surface area contributed by atoms with Gasteiger partial charge in [-0.3, -0.25) is 9.58 Å². The monoisotopic (exact) mass is 224 g/mol. The molecule has 0 aliphatic heterocycles. The van der Waals surface area contributed by atoms with E-state index in [0.29, 0.717) is 6.54 Å². The molecule has 0 radical (unpaired) electrons. The number of aryl methyl sites for hydroxylation is 1. The fourth-order valence-corrected chi connectivity index (χ4v) is 1.77. The van der Waals surface area contributed by atoms with Gasteiger partial charge in [-0.25, -0.2) is 0 Å². The van der Waals surface area contributed by atoms with E-state index in [-0.39, 0.29) is 5.54 Å². The summed E-state index contributed by atoms with van der Waals surface area (Å²) in [7, 11) is 1.95. The lowest BCUT2D eigenvalue weighted by atomic mass is 10.0. The Hall–Kier alpha value is -0.870. The van der Waals surface area contributed by atoms with Crippen LogP contribution in [-0.2, 0) is 13.6 Å². The molecule has 0 bridgehead atoms. The van der Waals surface area contributed by atoms with E-state index in [0.717, 1.165) is 19.5 Å². The van der Waals surface area contributed by atoms with E-state index in [1.165, 1.54) is 5.56 Å². The molecule has 1 aromatic rings. The summed E-state index contributed by atoms with van der Waals surface area (Å²) in [6.45, 7) is 9.25. The van der Waals surface area contributed by atoms with Gasteiger partial charge < -0.3 is 5.73 Å². The summed E-state index contributed by atoms with van der Waals surface area (Å²) >= 11 is 0. The molecule has 0 fully saturated rings. The summed E-state index contributed by atoms with van der Waals surface area (Å²) in [5.41, 5.74) is 7.13. The molecule has 0 spiro atoms. The van der Waals surface area contributed by atoms with Gasteiger partial charge in [0.25, 0.3) is 0 Å². The Morgan fingerprint density at radius 1 is 1.50 bits per heavy atom. The van der Waals surface area contributed by atoms with Gasteiger partial charge in [0.05, 0.1) is 6.20 Å². The van der Waals surface area contributed by atoms with Crippen molar-refractivity contribution in [2.45, 2.75) is 39.3 Å². The molecule has 0 amide bonds. The molecule has 1 rings (SSSR count). The van der Waals surface area contributed by atoms with Crippen LogP contribution in [0.4, 0.5) is 0 Å². The van der Waals surface area contributed by atoms with Crippen LogP contribution in [0.15, 0.2) is 12.4 Å². The van der Waals surface area contributed by atoms with Crippen LogP contribution >= 0.6 is 0 Å². The lowest BCUT2D eigenvalue weighted by Crippen LogP contribution is -2.49. The molecule has 0 atom stereocenters. The van der Waals surface area contributed by atoms with E-state index in [9.17, 15) is 0 Å². The fourth-order valence-electron chi connectivity index (χ4n) is 1.77. The largest absolute Gasteiger partial charge is 0.329 e. The van der Waals surface area contributed by atoms with Gasteiger partial charge in [0.2, 0.25) is 0 Å². The van der Waals surface area contributed by atoms with Crippen LogP contribution in [0, 0.1) is 0 Å². The third-order valence-corrected chi connectivity index (χ3v) is 2.98. The van der Waals surface area contributed by atoms with E-state index in [2.05, 4.69) is 37.0 Å². The third kappa shape index (κ3) is 3.32. The third-order valence-electron chi connectivity index (χ3n) is 2.98. The Morgan fingerprint density at radius 2 is 2.19 bits per heavy atom. The van der Waals surface area contributed by atoms with Crippen LogP contribution in [0.1, 0.15) is 32.8 Å². The van der Waals surface area contributed by atoms with Gasteiger partial charge in [0.15, 0.2) is 0 Å². The lowest BCUT2D eigenvalue weighted by molar-refractivity contribution is 0.118. The number of hydrogen-bond donors (Lipinski definition) is 1. The molecule has 0 unspecified atom stereocenters. The predicted octanol–water partition coefficient (Wildman–Crippen LogP) is 1.37. The maximum atomic E-state index is 5.83. The molecule has 1 heterocycles. The van der Waals surface area contributed by atoms with Gasteiger partial charge in [-0.2, -0.15) is 5.10 Å². The number of nitrogens with two attached hydrogens (primary N) is 1. The highest BCUT2D eigenvalue weighted by Crippen LogP contribution is 2.16. The Bertz CT molecular complexity index is 317. The van der Waals surface area contributed by atoms with E-state index in [4.69, 9.17) is 5.73 Å². The van der Waals surface area contributed by atoms with Crippen molar-refractivity contribution in [1.82, 2.24) is 14.7 Å². The van der Waals surface area contributed by atoms with Gasteiger partial charge in [-0.15, -0.1) is 0 Å². The molecular formula is C12H24N4. The van der Waals surface area contributed by atoms with E-state index >= 15 is 0 Å². The molecule has 92 valence electrons. The summed E-state index contributed by atoms with van der Waals surface area (Å²) in [4.78, 5) is 2.42. The summed E-state index contributed by atoms with van der Waals surface area (Å²) in [6, 6.07) is 0. The highest BCUT2D eigenvalue weighted by Gasteiger charge is 2.24. The van der Waals surface area contributed by atoms with Crippen molar-refractivity contribution in [2.24, 2.45) is 12.8 Å². The minimum absolute atomic E-state index is 0.0475. The Morgan fingerprint density at radius 3 is 2.62 bits per heavy atom. The molecule has 4 nitrogen and oxygen atoms in total. The minimum Gasteiger partial charge on any atom is -0.329 e. The maximum absolute atomic E-state index is 5.83. The van der Waals surface area contributed by atoms with Gasteiger partial charge >= 0.3 is 0 Å². The van der Waals surface area contributed by atoms with Crippen molar-refractivity contribution in [3.05, 3.63) is 18.0 Å². The number of nitrogens with zero attached hydrogens (tertiary/aromatic N) is 3. The first kappa shape index (κ1) is 13.2. The molecular weight excluding hydrogens is 200 g/mol. The maximum Gasteiger partial charge on any atom is 0.0534 e. The average Bonchev–Trinajstić information content (AvgIpc) is 2.63. The van der Waals surface area contributed by atoms with Crippen LogP contribution < -0.4 is 5.73 Å². The van der Waals surface area contributed by atoms with Gasteiger partial charge in [-0.05, 0) is 26.8 Å². The molecule has 0 aromatic carbocycles. The second-order valence-electron chi connectivity index (χ2n) is 4.96. The molecule has 16 heavy (non-hydrogen) atoms. The standard InChI is InChI=1S/C12H24N4/c1-5-6-16(12(2,3)10-13)9-11-7-14-15(4)8-11/h7-8H,5-6,9-10,13H2,1-4H3. The van der Waals surface area contributed by atoms with Gasteiger partial charge in [0.1, 0.15) is 0 Å². The molecule has 1 aromatic heterocycles. The molecule has 0 saturated carbocycles. The van der Waals surface area contributed by atoms with E-state index < -0.39 is 0 Å². The van der Waals surface area contributed by atoms with Crippen molar-refractivity contribution in [3.8, 4) is 0 Å². The second-order valence-corrected chi connectivity index (χ2v) is 4.96. The first-order valence-electron chi connectivity index (χ1n) is 5.92. The molecule has 0 saturated heterocycles. The van der Waals surface area contributed by atoms with Crippen molar-refractivity contribution in [1.29, 1.82) is 0 Å². The highest BCUT2D eigenvalue weighted by molar-refractivity contribution is 5.04. The Balaban J connectivity index is 2.71. The Labute approximate surface area is 98.4 Å².